The Kier molecular flexibility index (Phi) is 4.50. The molecule has 28 heavy (non-hydrogen) atoms. The molecule has 4 rings (SSSR count). The van der Waals surface area contributed by atoms with Gasteiger partial charge in [-0.2, -0.15) is 0 Å². The number of carbonyl (C=O) groups excluding carboxylic acids is 2. The highest BCUT2D eigenvalue weighted by Gasteiger charge is 2.54. The average molecular weight is 385 g/mol. The monoisotopic (exact) mass is 384 g/mol. The van der Waals surface area contributed by atoms with Crippen LogP contribution in [0, 0.1) is 22.2 Å². The first-order valence-electron chi connectivity index (χ1n) is 10.6. The third-order valence-electron chi connectivity index (χ3n) is 7.59. The molecule has 0 aromatic carbocycles. The predicted octanol–water partition coefficient (Wildman–Crippen LogP) is 4.29. The fraction of sp³-hybridized carbons (Fsp3) is 0.667. The lowest BCUT2D eigenvalue weighted by Crippen LogP contribution is -2.49. The molecule has 4 aliphatic rings. The normalized spacial score (nSPS) is 37.2. The van der Waals surface area contributed by atoms with Crippen molar-refractivity contribution in [1.29, 1.82) is 0 Å². The molecule has 0 heterocycles. The molecule has 4 aliphatic carbocycles. The molecule has 0 aromatic heterocycles. The molecule has 0 bridgehead atoms. The first-order valence-corrected chi connectivity index (χ1v) is 10.6. The molecule has 0 saturated heterocycles. The fourth-order valence-corrected chi connectivity index (χ4v) is 5.84. The van der Waals surface area contributed by atoms with Gasteiger partial charge in [-0.05, 0) is 81.4 Å². The number of hydrogen-bond donors (Lipinski definition) is 1. The van der Waals surface area contributed by atoms with Crippen molar-refractivity contribution in [3.8, 4) is 0 Å². The van der Waals surface area contributed by atoms with Gasteiger partial charge in [0.25, 0.3) is 0 Å². The molecule has 1 saturated carbocycles. The van der Waals surface area contributed by atoms with Gasteiger partial charge in [0.1, 0.15) is 0 Å². The summed E-state index contributed by atoms with van der Waals surface area (Å²) in [5.74, 6) is -0.342. The molecule has 4 nitrogen and oxygen atoms in total. The van der Waals surface area contributed by atoms with Gasteiger partial charge in [-0.1, -0.05) is 24.6 Å². The van der Waals surface area contributed by atoms with Crippen LogP contribution in [0.5, 0.6) is 0 Å². The van der Waals surface area contributed by atoms with E-state index in [1.54, 1.807) is 32.4 Å². The second-order valence-electron chi connectivity index (χ2n) is 10.4. The largest absolute Gasteiger partial charge is 0.454 e. The Labute approximate surface area is 167 Å². The lowest BCUT2D eigenvalue weighted by molar-refractivity contribution is -0.165. The van der Waals surface area contributed by atoms with Crippen LogP contribution in [0.3, 0.4) is 0 Å². The average Bonchev–Trinajstić information content (AvgIpc) is 3.03. The van der Waals surface area contributed by atoms with Gasteiger partial charge >= 0.3 is 5.97 Å². The van der Waals surface area contributed by atoms with E-state index in [1.165, 1.54) is 18.4 Å². The van der Waals surface area contributed by atoms with Crippen LogP contribution < -0.4 is 0 Å². The number of hydrogen-bond acceptors (Lipinski definition) is 4. The Bertz CT molecular complexity index is 809. The number of rotatable bonds is 2. The standard InChI is InChI=1S/C24H32O4/c1-22(2,3)21(27)28-20-13-24(14-25)15(12-19(20)26)7-8-16-17-6-5-10-23(17,4)11-9-18(16)24/h7-8,12,18,20,25H,5-6,9-11,13-14H2,1-4H3/t18-,20?,23-,24+/m0/s1. The molecule has 0 aromatic rings. The summed E-state index contributed by atoms with van der Waals surface area (Å²) < 4.78 is 5.65. The number of allylic oxidation sites excluding steroid dienone is 4. The fourth-order valence-electron chi connectivity index (χ4n) is 5.84. The first kappa shape index (κ1) is 19.6. The highest BCUT2D eigenvalue weighted by Crippen LogP contribution is 2.60. The number of ketones is 1. The van der Waals surface area contributed by atoms with E-state index >= 15 is 0 Å². The summed E-state index contributed by atoms with van der Waals surface area (Å²) in [6.45, 7) is 7.72. The van der Waals surface area contributed by atoms with E-state index in [-0.39, 0.29) is 29.7 Å². The second kappa shape index (κ2) is 6.41. The van der Waals surface area contributed by atoms with Crippen molar-refractivity contribution in [1.82, 2.24) is 0 Å². The van der Waals surface area contributed by atoms with Crippen molar-refractivity contribution in [2.75, 3.05) is 6.61 Å². The van der Waals surface area contributed by atoms with Crippen molar-refractivity contribution in [2.45, 2.75) is 72.3 Å². The molecule has 152 valence electrons. The highest BCUT2D eigenvalue weighted by molar-refractivity contribution is 5.97. The number of carbonyl (C=O) groups is 2. The summed E-state index contributed by atoms with van der Waals surface area (Å²) in [5, 5.41) is 10.6. The SMILES string of the molecule is CC(C)(C)C(=O)OC1C[C@@]2(CO)C(=CC1=O)C=CC1=C3CCC[C@@]3(C)CC[C@@H]12. The van der Waals surface area contributed by atoms with Gasteiger partial charge in [0, 0.05) is 11.8 Å². The Balaban J connectivity index is 1.74. The first-order chi connectivity index (χ1) is 13.1. The van der Waals surface area contributed by atoms with Crippen molar-refractivity contribution < 1.29 is 19.4 Å². The summed E-state index contributed by atoms with van der Waals surface area (Å²) >= 11 is 0. The van der Waals surface area contributed by atoms with Gasteiger partial charge in [-0.15, -0.1) is 0 Å². The van der Waals surface area contributed by atoms with E-state index in [4.69, 9.17) is 4.74 Å². The van der Waals surface area contributed by atoms with E-state index in [0.29, 0.717) is 6.42 Å². The van der Waals surface area contributed by atoms with Gasteiger partial charge in [0.2, 0.25) is 0 Å². The van der Waals surface area contributed by atoms with Crippen molar-refractivity contribution >= 4 is 11.8 Å². The van der Waals surface area contributed by atoms with E-state index < -0.39 is 16.9 Å². The van der Waals surface area contributed by atoms with E-state index in [0.717, 1.165) is 24.8 Å². The zero-order valence-corrected chi connectivity index (χ0v) is 17.5. The number of ether oxygens (including phenoxy) is 1. The molecule has 4 heteroatoms. The number of aliphatic hydroxyl groups excluding tert-OH is 1. The zero-order chi connectivity index (χ0) is 20.3. The molecule has 0 radical (unpaired) electrons. The Hall–Kier alpha value is -1.68. The number of aliphatic hydroxyl groups is 1. The van der Waals surface area contributed by atoms with Crippen LogP contribution in [-0.2, 0) is 14.3 Å². The summed E-state index contributed by atoms with van der Waals surface area (Å²) in [5.41, 5.74) is 2.92. The molecule has 0 spiro atoms. The Morgan fingerprint density at radius 3 is 2.71 bits per heavy atom. The third kappa shape index (κ3) is 2.83. The molecule has 1 fully saturated rings. The van der Waals surface area contributed by atoms with Crippen molar-refractivity contribution in [3.63, 3.8) is 0 Å². The molecule has 4 atom stereocenters. The zero-order valence-electron chi connectivity index (χ0n) is 17.5. The van der Waals surface area contributed by atoms with E-state index in [1.807, 2.05) is 6.08 Å². The van der Waals surface area contributed by atoms with Crippen LogP contribution in [0.15, 0.2) is 34.9 Å². The summed E-state index contributed by atoms with van der Waals surface area (Å²) in [7, 11) is 0. The molecule has 0 amide bonds. The van der Waals surface area contributed by atoms with Crippen LogP contribution in [-0.4, -0.2) is 29.6 Å². The summed E-state index contributed by atoms with van der Waals surface area (Å²) in [6.07, 6.45) is 11.1. The minimum atomic E-state index is -0.808. The third-order valence-corrected chi connectivity index (χ3v) is 7.59. The topological polar surface area (TPSA) is 63.6 Å². The summed E-state index contributed by atoms with van der Waals surface area (Å²) in [4.78, 5) is 25.1. The minimum absolute atomic E-state index is 0.0296. The van der Waals surface area contributed by atoms with Crippen LogP contribution in [0.4, 0.5) is 0 Å². The molecule has 1 N–H and O–H groups in total. The molecule has 1 unspecified atom stereocenters. The minimum Gasteiger partial charge on any atom is -0.454 e. The maximum absolute atomic E-state index is 12.7. The smallest absolute Gasteiger partial charge is 0.311 e. The number of esters is 1. The van der Waals surface area contributed by atoms with E-state index in [9.17, 15) is 14.7 Å². The van der Waals surface area contributed by atoms with Crippen LogP contribution in [0.2, 0.25) is 0 Å². The Morgan fingerprint density at radius 1 is 1.29 bits per heavy atom. The van der Waals surface area contributed by atoms with Crippen LogP contribution in [0.25, 0.3) is 0 Å². The second-order valence-corrected chi connectivity index (χ2v) is 10.4. The van der Waals surface area contributed by atoms with Gasteiger partial charge < -0.3 is 9.84 Å². The highest BCUT2D eigenvalue weighted by atomic mass is 16.5. The Morgan fingerprint density at radius 2 is 2.04 bits per heavy atom. The van der Waals surface area contributed by atoms with Crippen molar-refractivity contribution in [2.24, 2.45) is 22.2 Å². The maximum Gasteiger partial charge on any atom is 0.311 e. The summed E-state index contributed by atoms with van der Waals surface area (Å²) in [6, 6.07) is 0. The number of fused-ring (bicyclic) bond motifs is 4. The predicted molar refractivity (Wildman–Crippen MR) is 107 cm³/mol. The van der Waals surface area contributed by atoms with Gasteiger partial charge in [0.15, 0.2) is 11.9 Å². The van der Waals surface area contributed by atoms with Gasteiger partial charge in [-0.25, -0.2) is 0 Å². The maximum atomic E-state index is 12.7. The van der Waals surface area contributed by atoms with Crippen molar-refractivity contribution in [3.05, 3.63) is 34.9 Å². The lowest BCUT2D eigenvalue weighted by atomic mass is 9.54. The molecule has 0 aliphatic heterocycles. The molecular formula is C24H32O4. The van der Waals surface area contributed by atoms with E-state index in [2.05, 4.69) is 13.0 Å². The molecular weight excluding hydrogens is 352 g/mol. The van der Waals surface area contributed by atoms with Gasteiger partial charge in [0.05, 0.1) is 12.0 Å². The lowest BCUT2D eigenvalue weighted by Gasteiger charge is -2.51. The van der Waals surface area contributed by atoms with Crippen LogP contribution >= 0.6 is 0 Å². The quantitative estimate of drug-likeness (QED) is 0.722. The van der Waals surface area contributed by atoms with Gasteiger partial charge in [-0.3, -0.25) is 9.59 Å². The van der Waals surface area contributed by atoms with Crippen LogP contribution in [0.1, 0.15) is 66.2 Å².